The van der Waals surface area contributed by atoms with Gasteiger partial charge in [-0.15, -0.1) is 0 Å². The van der Waals surface area contributed by atoms with Gasteiger partial charge in [-0.1, -0.05) is 0 Å². The van der Waals surface area contributed by atoms with E-state index in [9.17, 15) is 4.79 Å². The van der Waals surface area contributed by atoms with Crippen LogP contribution in [0.1, 0.15) is 30.4 Å². The fourth-order valence-electron chi connectivity index (χ4n) is 1.93. The molecule has 0 aliphatic carbocycles. The Morgan fingerprint density at radius 2 is 2.33 bits per heavy atom. The number of ketones is 1. The van der Waals surface area contributed by atoms with E-state index in [2.05, 4.69) is 4.98 Å². The van der Waals surface area contributed by atoms with Gasteiger partial charge in [0.25, 0.3) is 0 Å². The SMILES string of the molecule is CCn1ccnc1C(=O)C1CCOCC1. The molecule has 4 heteroatoms. The molecule has 0 radical (unpaired) electrons. The highest BCUT2D eigenvalue weighted by molar-refractivity contribution is 5.94. The molecule has 2 rings (SSSR count). The molecule has 0 aromatic carbocycles. The van der Waals surface area contributed by atoms with Gasteiger partial charge in [0.05, 0.1) is 0 Å². The molecule has 0 atom stereocenters. The van der Waals surface area contributed by atoms with Crippen LogP contribution in [-0.4, -0.2) is 28.5 Å². The number of hydrogen-bond acceptors (Lipinski definition) is 3. The summed E-state index contributed by atoms with van der Waals surface area (Å²) in [6, 6.07) is 0. The number of carbonyl (C=O) groups excluding carboxylic acids is 1. The van der Waals surface area contributed by atoms with Crippen molar-refractivity contribution in [2.75, 3.05) is 13.2 Å². The van der Waals surface area contributed by atoms with Crippen LogP contribution in [-0.2, 0) is 11.3 Å². The van der Waals surface area contributed by atoms with Gasteiger partial charge in [0.15, 0.2) is 5.82 Å². The third kappa shape index (κ3) is 2.09. The van der Waals surface area contributed by atoms with Crippen molar-refractivity contribution in [1.82, 2.24) is 9.55 Å². The van der Waals surface area contributed by atoms with Crippen LogP contribution in [0.4, 0.5) is 0 Å². The van der Waals surface area contributed by atoms with Crippen molar-refractivity contribution in [2.24, 2.45) is 5.92 Å². The van der Waals surface area contributed by atoms with Crippen molar-refractivity contribution in [1.29, 1.82) is 0 Å². The van der Waals surface area contributed by atoms with Crippen LogP contribution in [0.25, 0.3) is 0 Å². The number of ether oxygens (including phenoxy) is 1. The molecule has 1 aliphatic rings. The summed E-state index contributed by atoms with van der Waals surface area (Å²) in [5, 5.41) is 0. The van der Waals surface area contributed by atoms with Gasteiger partial charge in [0.2, 0.25) is 5.78 Å². The smallest absolute Gasteiger partial charge is 0.201 e. The molecule has 1 aromatic heterocycles. The van der Waals surface area contributed by atoms with Gasteiger partial charge >= 0.3 is 0 Å². The van der Waals surface area contributed by atoms with Crippen molar-refractivity contribution in [2.45, 2.75) is 26.3 Å². The fraction of sp³-hybridized carbons (Fsp3) is 0.636. The number of rotatable bonds is 3. The third-order valence-electron chi connectivity index (χ3n) is 2.87. The summed E-state index contributed by atoms with van der Waals surface area (Å²) in [6.07, 6.45) is 5.20. The molecule has 1 aliphatic heterocycles. The van der Waals surface area contributed by atoms with E-state index in [0.29, 0.717) is 19.0 Å². The molecule has 15 heavy (non-hydrogen) atoms. The quantitative estimate of drug-likeness (QED) is 0.707. The van der Waals surface area contributed by atoms with Gasteiger partial charge < -0.3 is 9.30 Å². The Bertz CT molecular complexity index is 340. The van der Waals surface area contributed by atoms with Crippen LogP contribution < -0.4 is 0 Å². The highest BCUT2D eigenvalue weighted by Crippen LogP contribution is 2.19. The molecule has 0 N–H and O–H groups in total. The van der Waals surface area contributed by atoms with Gasteiger partial charge in [0, 0.05) is 38.1 Å². The summed E-state index contributed by atoms with van der Waals surface area (Å²) < 4.78 is 7.14. The van der Waals surface area contributed by atoms with Gasteiger partial charge in [0.1, 0.15) is 0 Å². The summed E-state index contributed by atoms with van der Waals surface area (Å²) in [7, 11) is 0. The van der Waals surface area contributed by atoms with E-state index in [4.69, 9.17) is 4.74 Å². The summed E-state index contributed by atoms with van der Waals surface area (Å²) >= 11 is 0. The van der Waals surface area contributed by atoms with Gasteiger partial charge in [-0.2, -0.15) is 0 Å². The number of imidazole rings is 1. The molecule has 1 fully saturated rings. The third-order valence-corrected chi connectivity index (χ3v) is 2.87. The van der Waals surface area contributed by atoms with Crippen LogP contribution in [0.15, 0.2) is 12.4 Å². The van der Waals surface area contributed by atoms with Crippen molar-refractivity contribution in [3.05, 3.63) is 18.2 Å². The molecule has 4 nitrogen and oxygen atoms in total. The van der Waals surface area contributed by atoms with Gasteiger partial charge in [-0.05, 0) is 19.8 Å². The molecular formula is C11H16N2O2. The Balaban J connectivity index is 2.12. The van der Waals surface area contributed by atoms with E-state index in [1.807, 2.05) is 17.7 Å². The van der Waals surface area contributed by atoms with E-state index in [-0.39, 0.29) is 11.7 Å². The van der Waals surface area contributed by atoms with Crippen LogP contribution in [0.2, 0.25) is 0 Å². The zero-order chi connectivity index (χ0) is 10.7. The normalized spacial score (nSPS) is 17.9. The molecule has 0 saturated carbocycles. The molecular weight excluding hydrogens is 192 g/mol. The second-order valence-electron chi connectivity index (χ2n) is 3.79. The first kappa shape index (κ1) is 10.4. The van der Waals surface area contributed by atoms with Crippen LogP contribution in [0, 0.1) is 5.92 Å². The van der Waals surface area contributed by atoms with E-state index < -0.39 is 0 Å². The number of nitrogens with zero attached hydrogens (tertiary/aromatic N) is 2. The molecule has 0 amide bonds. The average Bonchev–Trinajstić information content (AvgIpc) is 2.77. The lowest BCUT2D eigenvalue weighted by atomic mass is 9.95. The van der Waals surface area contributed by atoms with Crippen molar-refractivity contribution >= 4 is 5.78 Å². The average molecular weight is 208 g/mol. The van der Waals surface area contributed by atoms with Gasteiger partial charge in [-0.3, -0.25) is 4.79 Å². The molecule has 1 aromatic rings. The fourth-order valence-corrected chi connectivity index (χ4v) is 1.93. The summed E-state index contributed by atoms with van der Waals surface area (Å²) in [4.78, 5) is 16.2. The Morgan fingerprint density at radius 3 is 3.00 bits per heavy atom. The van der Waals surface area contributed by atoms with Crippen LogP contribution in [0.3, 0.4) is 0 Å². The van der Waals surface area contributed by atoms with Crippen LogP contribution >= 0.6 is 0 Å². The Labute approximate surface area is 89.3 Å². The zero-order valence-corrected chi connectivity index (χ0v) is 8.98. The lowest BCUT2D eigenvalue weighted by Gasteiger charge is -2.20. The Hall–Kier alpha value is -1.16. The van der Waals surface area contributed by atoms with E-state index in [1.54, 1.807) is 6.20 Å². The number of Topliss-reactive ketones (excluding diaryl/α,β-unsaturated/α-hetero) is 1. The first-order chi connectivity index (χ1) is 7.33. The summed E-state index contributed by atoms with van der Waals surface area (Å²) in [5.74, 6) is 0.876. The zero-order valence-electron chi connectivity index (χ0n) is 8.98. The minimum Gasteiger partial charge on any atom is -0.381 e. The van der Waals surface area contributed by atoms with Crippen molar-refractivity contribution in [3.63, 3.8) is 0 Å². The number of aryl methyl sites for hydroxylation is 1. The molecule has 82 valence electrons. The second-order valence-corrected chi connectivity index (χ2v) is 3.79. The van der Waals surface area contributed by atoms with Gasteiger partial charge in [-0.25, -0.2) is 4.98 Å². The first-order valence-electron chi connectivity index (χ1n) is 5.46. The highest BCUT2D eigenvalue weighted by Gasteiger charge is 2.25. The van der Waals surface area contributed by atoms with Crippen molar-refractivity contribution < 1.29 is 9.53 Å². The lowest BCUT2D eigenvalue weighted by Crippen LogP contribution is -2.25. The predicted molar refractivity (Wildman–Crippen MR) is 55.8 cm³/mol. The van der Waals surface area contributed by atoms with E-state index in [0.717, 1.165) is 19.4 Å². The Morgan fingerprint density at radius 1 is 1.60 bits per heavy atom. The van der Waals surface area contributed by atoms with E-state index >= 15 is 0 Å². The first-order valence-corrected chi connectivity index (χ1v) is 5.46. The molecule has 1 saturated heterocycles. The maximum absolute atomic E-state index is 12.1. The van der Waals surface area contributed by atoms with Crippen molar-refractivity contribution in [3.8, 4) is 0 Å². The monoisotopic (exact) mass is 208 g/mol. The topological polar surface area (TPSA) is 44.1 Å². The predicted octanol–water partition coefficient (Wildman–Crippen LogP) is 1.51. The summed E-state index contributed by atoms with van der Waals surface area (Å²) in [6.45, 7) is 4.21. The maximum atomic E-state index is 12.1. The number of aromatic nitrogens is 2. The molecule has 0 unspecified atom stereocenters. The number of carbonyl (C=O) groups is 1. The van der Waals surface area contributed by atoms with E-state index in [1.165, 1.54) is 0 Å². The molecule has 2 heterocycles. The van der Waals surface area contributed by atoms with Crippen LogP contribution in [0.5, 0.6) is 0 Å². The lowest BCUT2D eigenvalue weighted by molar-refractivity contribution is 0.0535. The Kier molecular flexibility index (Phi) is 3.16. The minimum absolute atomic E-state index is 0.103. The second kappa shape index (κ2) is 4.57. The number of hydrogen-bond donors (Lipinski definition) is 0. The largest absolute Gasteiger partial charge is 0.381 e. The maximum Gasteiger partial charge on any atom is 0.201 e. The standard InChI is InChI=1S/C11H16N2O2/c1-2-13-6-5-12-11(13)10(14)9-3-7-15-8-4-9/h5-6,9H,2-4,7-8H2,1H3. The minimum atomic E-state index is 0.103. The molecule has 0 spiro atoms. The highest BCUT2D eigenvalue weighted by atomic mass is 16.5. The summed E-state index contributed by atoms with van der Waals surface area (Å²) in [5.41, 5.74) is 0. The molecule has 0 bridgehead atoms.